The van der Waals surface area contributed by atoms with Crippen molar-refractivity contribution in [3.63, 3.8) is 0 Å². The Hall–Kier alpha value is -3.47. The molecule has 144 valence electrons. The van der Waals surface area contributed by atoms with Gasteiger partial charge in [-0.25, -0.2) is 4.68 Å². The van der Waals surface area contributed by atoms with Crippen molar-refractivity contribution >= 4 is 40.6 Å². The zero-order valence-corrected chi connectivity index (χ0v) is 15.4. The maximum Gasteiger partial charge on any atom is 0.326 e. The predicted molar refractivity (Wildman–Crippen MR) is 99.5 cm³/mol. The zero-order valence-electron chi connectivity index (χ0n) is 14.6. The number of nitro groups is 1. The van der Waals surface area contributed by atoms with Crippen LogP contribution in [0.3, 0.4) is 0 Å². The number of thioether (sulfide) groups is 1. The molecule has 1 fully saturated rings. The first-order chi connectivity index (χ1) is 13.4. The van der Waals surface area contributed by atoms with Crippen LogP contribution in [-0.4, -0.2) is 49.9 Å². The second kappa shape index (κ2) is 8.05. The van der Waals surface area contributed by atoms with E-state index in [9.17, 15) is 24.5 Å². The predicted octanol–water partition coefficient (Wildman–Crippen LogP) is 2.38. The van der Waals surface area contributed by atoms with E-state index in [1.807, 2.05) is 0 Å². The standard InChI is InChI=1S/C17H14N4O6S/c1-2-27-15(22)10-19-16(23)14(28-17(19)24)9-11-7-8-20(18-11)12-3-5-13(6-4-12)21(25)26/h3-9H,2,10H2,1H3/b14-9-. The number of benzene rings is 1. The van der Waals surface area contributed by atoms with Crippen LogP contribution in [0, 0.1) is 10.1 Å². The molecule has 1 aromatic carbocycles. The second-order valence-electron chi connectivity index (χ2n) is 5.53. The number of aromatic nitrogens is 2. The molecule has 0 spiro atoms. The summed E-state index contributed by atoms with van der Waals surface area (Å²) in [6.07, 6.45) is 3.06. The number of carbonyl (C=O) groups excluding carboxylic acids is 3. The van der Waals surface area contributed by atoms with E-state index in [2.05, 4.69) is 5.10 Å². The minimum atomic E-state index is -0.659. The van der Waals surface area contributed by atoms with E-state index in [-0.39, 0.29) is 17.2 Å². The number of amides is 2. The fourth-order valence-corrected chi connectivity index (χ4v) is 3.22. The molecule has 1 aliphatic rings. The van der Waals surface area contributed by atoms with E-state index in [0.29, 0.717) is 23.1 Å². The summed E-state index contributed by atoms with van der Waals surface area (Å²) in [5.41, 5.74) is 0.979. The molecule has 0 radical (unpaired) electrons. The van der Waals surface area contributed by atoms with Crippen LogP contribution in [-0.2, 0) is 14.3 Å². The Balaban J connectivity index is 1.76. The van der Waals surface area contributed by atoms with Gasteiger partial charge in [0.2, 0.25) is 0 Å². The van der Waals surface area contributed by atoms with E-state index >= 15 is 0 Å². The average Bonchev–Trinajstić information content (AvgIpc) is 3.23. The van der Waals surface area contributed by atoms with E-state index in [4.69, 9.17) is 4.74 Å². The summed E-state index contributed by atoms with van der Waals surface area (Å²) in [6, 6.07) is 7.43. The van der Waals surface area contributed by atoms with E-state index in [1.165, 1.54) is 22.9 Å². The largest absolute Gasteiger partial charge is 0.465 e. The van der Waals surface area contributed by atoms with Gasteiger partial charge in [-0.15, -0.1) is 0 Å². The summed E-state index contributed by atoms with van der Waals surface area (Å²) >= 11 is 0.713. The maximum atomic E-state index is 12.3. The molecule has 28 heavy (non-hydrogen) atoms. The molecule has 0 aliphatic carbocycles. The van der Waals surface area contributed by atoms with Gasteiger partial charge in [-0.1, -0.05) is 0 Å². The maximum absolute atomic E-state index is 12.3. The lowest BCUT2D eigenvalue weighted by atomic mass is 10.3. The molecule has 1 aliphatic heterocycles. The number of nitrogens with zero attached hydrogens (tertiary/aromatic N) is 4. The average molecular weight is 402 g/mol. The fraction of sp³-hybridized carbons (Fsp3) is 0.176. The van der Waals surface area contributed by atoms with Crippen LogP contribution in [0.5, 0.6) is 0 Å². The number of nitro benzene ring substituents is 1. The number of imide groups is 1. The molecular formula is C17H14N4O6S. The van der Waals surface area contributed by atoms with E-state index < -0.39 is 28.6 Å². The van der Waals surface area contributed by atoms with Gasteiger partial charge in [0.05, 0.1) is 27.8 Å². The molecule has 0 bridgehead atoms. The lowest BCUT2D eigenvalue weighted by Crippen LogP contribution is -2.34. The molecule has 10 nitrogen and oxygen atoms in total. The van der Waals surface area contributed by atoms with E-state index in [0.717, 1.165) is 4.90 Å². The number of rotatable bonds is 6. The third-order valence-corrected chi connectivity index (χ3v) is 4.59. The van der Waals surface area contributed by atoms with Gasteiger partial charge in [0.25, 0.3) is 16.8 Å². The first-order valence-corrected chi connectivity index (χ1v) is 8.92. The van der Waals surface area contributed by atoms with Gasteiger partial charge in [-0.2, -0.15) is 5.10 Å². The highest BCUT2D eigenvalue weighted by molar-refractivity contribution is 8.18. The molecule has 0 N–H and O–H groups in total. The van der Waals surface area contributed by atoms with Crippen molar-refractivity contribution in [3.8, 4) is 5.69 Å². The SMILES string of the molecule is CCOC(=O)CN1C(=O)S/C(=C\c2ccn(-c3ccc([N+](=O)[O-])cc3)n2)C1=O. The summed E-state index contributed by atoms with van der Waals surface area (Å²) in [5, 5.41) is 14.4. The molecule has 0 atom stereocenters. The fourth-order valence-electron chi connectivity index (χ4n) is 2.39. The molecule has 2 heterocycles. The molecule has 1 aromatic heterocycles. The van der Waals surface area contributed by atoms with Crippen molar-refractivity contribution in [1.82, 2.24) is 14.7 Å². The third kappa shape index (κ3) is 4.09. The Labute approximate surface area is 162 Å². The summed E-state index contributed by atoms with van der Waals surface area (Å²) in [7, 11) is 0. The number of hydrogen-bond donors (Lipinski definition) is 0. The molecule has 2 amide bonds. The summed E-state index contributed by atoms with van der Waals surface area (Å²) in [6.45, 7) is 1.35. The molecule has 0 unspecified atom stereocenters. The molecule has 2 aromatic rings. The number of esters is 1. The van der Waals surface area contributed by atoms with Crippen molar-refractivity contribution in [1.29, 1.82) is 0 Å². The Kier molecular flexibility index (Phi) is 5.54. The van der Waals surface area contributed by atoms with Gasteiger partial charge in [0.15, 0.2) is 0 Å². The first kappa shape index (κ1) is 19.3. The van der Waals surface area contributed by atoms with Crippen LogP contribution in [0.15, 0.2) is 41.4 Å². The Morgan fingerprint density at radius 2 is 2.00 bits per heavy atom. The van der Waals surface area contributed by atoms with E-state index in [1.54, 1.807) is 31.3 Å². The van der Waals surface area contributed by atoms with Crippen LogP contribution in [0.4, 0.5) is 10.5 Å². The number of carbonyl (C=O) groups is 3. The zero-order chi connectivity index (χ0) is 20.3. The number of ether oxygens (including phenoxy) is 1. The lowest BCUT2D eigenvalue weighted by molar-refractivity contribution is -0.384. The lowest BCUT2D eigenvalue weighted by Gasteiger charge is -2.10. The molecule has 0 saturated carbocycles. The van der Waals surface area contributed by atoms with Crippen molar-refractivity contribution in [2.75, 3.05) is 13.2 Å². The van der Waals surface area contributed by atoms with Crippen LogP contribution >= 0.6 is 11.8 Å². The third-order valence-electron chi connectivity index (χ3n) is 3.68. The van der Waals surface area contributed by atoms with Gasteiger partial charge in [-0.3, -0.25) is 29.4 Å². The highest BCUT2D eigenvalue weighted by Gasteiger charge is 2.36. The molecule has 11 heteroatoms. The molecular weight excluding hydrogens is 388 g/mol. The van der Waals surface area contributed by atoms with Crippen molar-refractivity contribution in [2.45, 2.75) is 6.92 Å². The Bertz CT molecular complexity index is 982. The van der Waals surface area contributed by atoms with Gasteiger partial charge in [-0.05, 0) is 43.0 Å². The minimum absolute atomic E-state index is 0.0357. The van der Waals surface area contributed by atoms with Gasteiger partial charge in [0.1, 0.15) is 6.54 Å². The summed E-state index contributed by atoms with van der Waals surface area (Å²) in [5.74, 6) is -1.25. The first-order valence-electron chi connectivity index (χ1n) is 8.10. The summed E-state index contributed by atoms with van der Waals surface area (Å²) < 4.78 is 6.24. The van der Waals surface area contributed by atoms with Gasteiger partial charge < -0.3 is 4.74 Å². The smallest absolute Gasteiger partial charge is 0.326 e. The normalized spacial score (nSPS) is 15.3. The molecule has 3 rings (SSSR count). The van der Waals surface area contributed by atoms with Crippen LogP contribution in [0.25, 0.3) is 11.8 Å². The van der Waals surface area contributed by atoms with Gasteiger partial charge >= 0.3 is 5.97 Å². The quantitative estimate of drug-likeness (QED) is 0.312. The highest BCUT2D eigenvalue weighted by atomic mass is 32.2. The van der Waals surface area contributed by atoms with Gasteiger partial charge in [0, 0.05) is 18.3 Å². The van der Waals surface area contributed by atoms with Crippen molar-refractivity contribution in [2.24, 2.45) is 0 Å². The second-order valence-corrected chi connectivity index (χ2v) is 6.52. The number of hydrogen-bond acceptors (Lipinski definition) is 8. The highest BCUT2D eigenvalue weighted by Crippen LogP contribution is 2.31. The summed E-state index contributed by atoms with van der Waals surface area (Å²) in [4.78, 5) is 47.0. The van der Waals surface area contributed by atoms with Crippen molar-refractivity contribution in [3.05, 3.63) is 57.2 Å². The van der Waals surface area contributed by atoms with Crippen LogP contribution in [0.1, 0.15) is 12.6 Å². The topological polar surface area (TPSA) is 125 Å². The Morgan fingerprint density at radius 3 is 2.64 bits per heavy atom. The van der Waals surface area contributed by atoms with Crippen molar-refractivity contribution < 1.29 is 24.0 Å². The van der Waals surface area contributed by atoms with Crippen LogP contribution < -0.4 is 0 Å². The Morgan fingerprint density at radius 1 is 1.29 bits per heavy atom. The van der Waals surface area contributed by atoms with Crippen LogP contribution in [0.2, 0.25) is 0 Å². The minimum Gasteiger partial charge on any atom is -0.465 e. The number of non-ortho nitro benzene ring substituents is 1. The monoisotopic (exact) mass is 402 g/mol. The molecule has 1 saturated heterocycles.